The van der Waals surface area contributed by atoms with Crippen LogP contribution in [0.4, 0.5) is 0 Å². The normalized spacial score (nSPS) is 15.4. The molecule has 0 N–H and O–H groups in total. The Hall–Kier alpha value is -0.520. The van der Waals surface area contributed by atoms with E-state index in [0.29, 0.717) is 5.92 Å². The molecule has 0 amide bonds. The number of hydrogen-bond acceptors (Lipinski definition) is 0. The zero-order chi connectivity index (χ0) is 8.69. The van der Waals surface area contributed by atoms with E-state index in [-0.39, 0.29) is 0 Å². The molecule has 0 bridgehead atoms. The summed E-state index contributed by atoms with van der Waals surface area (Å²) in [6.45, 7) is 8.75. The summed E-state index contributed by atoms with van der Waals surface area (Å²) in [5.41, 5.74) is 0. The predicted octanol–water partition coefficient (Wildman–Crippen LogP) is 3.80. The lowest BCUT2D eigenvalue weighted by atomic mass is 10.1. The van der Waals surface area contributed by atoms with Crippen LogP contribution in [0.5, 0.6) is 0 Å². The Balaban J connectivity index is 3.56. The van der Waals surface area contributed by atoms with Crippen molar-refractivity contribution in [3.05, 3.63) is 24.3 Å². The number of hydrogen-bond donors (Lipinski definition) is 0. The summed E-state index contributed by atoms with van der Waals surface area (Å²) in [6.07, 6.45) is 10.0. The van der Waals surface area contributed by atoms with Gasteiger partial charge in [-0.25, -0.2) is 0 Å². The van der Waals surface area contributed by atoms with Crippen LogP contribution in [0.2, 0.25) is 0 Å². The van der Waals surface area contributed by atoms with Gasteiger partial charge in [0, 0.05) is 0 Å². The van der Waals surface area contributed by atoms with Crippen molar-refractivity contribution < 1.29 is 0 Å². The van der Waals surface area contributed by atoms with E-state index in [0.717, 1.165) is 5.92 Å². The second-order valence-corrected chi connectivity index (χ2v) is 3.44. The summed E-state index contributed by atoms with van der Waals surface area (Å²) in [5.74, 6) is 1.38. The molecule has 11 heavy (non-hydrogen) atoms. The Bertz CT molecular complexity index is 129. The first kappa shape index (κ1) is 10.5. The molecule has 0 aliphatic carbocycles. The molecule has 0 heteroatoms. The van der Waals surface area contributed by atoms with E-state index in [1.807, 2.05) is 0 Å². The van der Waals surface area contributed by atoms with E-state index in [2.05, 4.69) is 52.0 Å². The van der Waals surface area contributed by atoms with Gasteiger partial charge in [-0.2, -0.15) is 0 Å². The lowest BCUT2D eigenvalue weighted by Crippen LogP contribution is -1.85. The Labute approximate surface area is 71.0 Å². The molecule has 0 nitrogen and oxygen atoms in total. The molecule has 0 saturated carbocycles. The third kappa shape index (κ3) is 7.38. The molecular weight excluding hydrogens is 132 g/mol. The Morgan fingerprint density at radius 1 is 1.09 bits per heavy atom. The quantitative estimate of drug-likeness (QED) is 0.537. The maximum absolute atomic E-state index is 2.27. The second kappa shape index (κ2) is 6.21. The van der Waals surface area contributed by atoms with E-state index in [4.69, 9.17) is 0 Å². The second-order valence-electron chi connectivity index (χ2n) is 3.44. The molecule has 0 aliphatic rings. The molecule has 0 fully saturated rings. The van der Waals surface area contributed by atoms with E-state index in [1.54, 1.807) is 0 Å². The van der Waals surface area contributed by atoms with Gasteiger partial charge in [0.05, 0.1) is 0 Å². The summed E-state index contributed by atoms with van der Waals surface area (Å²) in [7, 11) is 0. The highest BCUT2D eigenvalue weighted by Gasteiger charge is 1.89. The first-order chi connectivity index (χ1) is 5.16. The molecular formula is C11H20. The van der Waals surface area contributed by atoms with Crippen molar-refractivity contribution in [2.75, 3.05) is 0 Å². The summed E-state index contributed by atoms with van der Waals surface area (Å²) in [6, 6.07) is 0. The van der Waals surface area contributed by atoms with Crippen molar-refractivity contribution >= 4 is 0 Å². The van der Waals surface area contributed by atoms with Crippen molar-refractivity contribution in [1.82, 2.24) is 0 Å². The van der Waals surface area contributed by atoms with Gasteiger partial charge in [-0.1, -0.05) is 45.1 Å². The van der Waals surface area contributed by atoms with Crippen molar-refractivity contribution in [2.45, 2.75) is 34.1 Å². The van der Waals surface area contributed by atoms with Gasteiger partial charge >= 0.3 is 0 Å². The molecule has 0 aromatic heterocycles. The van der Waals surface area contributed by atoms with Gasteiger partial charge < -0.3 is 0 Å². The van der Waals surface area contributed by atoms with Gasteiger partial charge in [-0.15, -0.1) is 0 Å². The van der Waals surface area contributed by atoms with E-state index in [1.165, 1.54) is 6.42 Å². The zero-order valence-electron chi connectivity index (χ0n) is 8.17. The van der Waals surface area contributed by atoms with Crippen LogP contribution in [0.1, 0.15) is 34.1 Å². The van der Waals surface area contributed by atoms with Crippen LogP contribution in [-0.4, -0.2) is 0 Å². The summed E-state index contributed by atoms with van der Waals surface area (Å²) >= 11 is 0. The highest BCUT2D eigenvalue weighted by Crippen LogP contribution is 2.04. The van der Waals surface area contributed by atoms with Gasteiger partial charge in [-0.05, 0) is 25.2 Å². The molecule has 64 valence electrons. The van der Waals surface area contributed by atoms with Gasteiger partial charge in [-0.3, -0.25) is 0 Å². The maximum Gasteiger partial charge on any atom is -0.00820 e. The number of allylic oxidation sites excluding steroid dienone is 4. The van der Waals surface area contributed by atoms with Crippen molar-refractivity contribution in [1.29, 1.82) is 0 Å². The smallest absolute Gasteiger partial charge is 0.00820 e. The molecule has 0 aromatic rings. The molecule has 0 heterocycles. The standard InChI is InChI=1S/C11H20/c1-5-7-11(4)9-6-8-10(2)3/h5-7,9-11H,8H2,1-4H3. The van der Waals surface area contributed by atoms with Crippen molar-refractivity contribution in [2.24, 2.45) is 11.8 Å². The minimum Gasteiger partial charge on any atom is -0.0911 e. The van der Waals surface area contributed by atoms with Crippen LogP contribution >= 0.6 is 0 Å². The van der Waals surface area contributed by atoms with Crippen molar-refractivity contribution in [3.8, 4) is 0 Å². The average molecular weight is 152 g/mol. The van der Waals surface area contributed by atoms with E-state index >= 15 is 0 Å². The molecule has 1 atom stereocenters. The third-order valence-corrected chi connectivity index (χ3v) is 1.54. The summed E-state index contributed by atoms with van der Waals surface area (Å²) in [5, 5.41) is 0. The lowest BCUT2D eigenvalue weighted by molar-refractivity contribution is 0.661. The van der Waals surface area contributed by atoms with E-state index in [9.17, 15) is 0 Å². The van der Waals surface area contributed by atoms with Crippen LogP contribution in [0.3, 0.4) is 0 Å². The molecule has 0 radical (unpaired) electrons. The Morgan fingerprint density at radius 3 is 2.18 bits per heavy atom. The van der Waals surface area contributed by atoms with Crippen LogP contribution in [0, 0.1) is 11.8 Å². The monoisotopic (exact) mass is 152 g/mol. The predicted molar refractivity (Wildman–Crippen MR) is 52.6 cm³/mol. The first-order valence-corrected chi connectivity index (χ1v) is 4.46. The lowest BCUT2D eigenvalue weighted by Gasteiger charge is -1.99. The first-order valence-electron chi connectivity index (χ1n) is 4.46. The van der Waals surface area contributed by atoms with Gasteiger partial charge in [0.25, 0.3) is 0 Å². The third-order valence-electron chi connectivity index (χ3n) is 1.54. The zero-order valence-corrected chi connectivity index (χ0v) is 8.17. The van der Waals surface area contributed by atoms with E-state index < -0.39 is 0 Å². The van der Waals surface area contributed by atoms with Crippen LogP contribution in [-0.2, 0) is 0 Å². The van der Waals surface area contributed by atoms with Gasteiger partial charge in [0.2, 0.25) is 0 Å². The fourth-order valence-electron chi connectivity index (χ4n) is 0.933. The van der Waals surface area contributed by atoms with Crippen LogP contribution < -0.4 is 0 Å². The van der Waals surface area contributed by atoms with Gasteiger partial charge in [0.1, 0.15) is 0 Å². The Morgan fingerprint density at radius 2 is 1.73 bits per heavy atom. The van der Waals surface area contributed by atoms with Crippen LogP contribution in [0.15, 0.2) is 24.3 Å². The fourth-order valence-corrected chi connectivity index (χ4v) is 0.933. The average Bonchev–Trinajstić information content (AvgIpc) is 1.87. The number of rotatable bonds is 4. The van der Waals surface area contributed by atoms with Crippen molar-refractivity contribution in [3.63, 3.8) is 0 Å². The van der Waals surface area contributed by atoms with Gasteiger partial charge in [0.15, 0.2) is 0 Å². The fraction of sp³-hybridized carbons (Fsp3) is 0.636. The molecule has 0 saturated heterocycles. The molecule has 0 spiro atoms. The maximum atomic E-state index is 2.27. The largest absolute Gasteiger partial charge is 0.0911 e. The minimum absolute atomic E-state index is 0.596. The highest BCUT2D eigenvalue weighted by atomic mass is 14.0. The minimum atomic E-state index is 0.596. The molecule has 0 aliphatic heterocycles. The topological polar surface area (TPSA) is 0 Å². The summed E-state index contributed by atoms with van der Waals surface area (Å²) in [4.78, 5) is 0. The summed E-state index contributed by atoms with van der Waals surface area (Å²) < 4.78 is 0. The highest BCUT2D eigenvalue weighted by molar-refractivity contribution is 4.97. The SMILES string of the molecule is CC=CC(C)C=CCC(C)C. The molecule has 1 unspecified atom stereocenters. The molecule has 0 aromatic carbocycles. The van der Waals surface area contributed by atoms with Crippen LogP contribution in [0.25, 0.3) is 0 Å². The molecule has 0 rings (SSSR count). The Kier molecular flexibility index (Phi) is 5.91.